The number of benzene rings is 2. The van der Waals surface area contributed by atoms with E-state index in [1.807, 2.05) is 30.3 Å². The fourth-order valence-electron chi connectivity index (χ4n) is 3.65. The first kappa shape index (κ1) is 23.5. The second kappa shape index (κ2) is 12.7. The third-order valence-electron chi connectivity index (χ3n) is 5.27. The number of nitrogens with one attached hydrogen (secondary N) is 2. The second-order valence-electron chi connectivity index (χ2n) is 7.33. The van der Waals surface area contributed by atoms with Gasteiger partial charge in [0.25, 0.3) is 0 Å². The lowest BCUT2D eigenvalue weighted by molar-refractivity contribution is 0.268. The second-order valence-corrected chi connectivity index (χ2v) is 7.33. The van der Waals surface area contributed by atoms with E-state index in [-0.39, 0.29) is 36.5 Å². The maximum absolute atomic E-state index is 9.75. The van der Waals surface area contributed by atoms with Gasteiger partial charge in [0.2, 0.25) is 0 Å². The van der Waals surface area contributed by atoms with Crippen LogP contribution in [0.1, 0.15) is 24.8 Å². The molecule has 0 amide bonds. The number of aliphatic hydroxyl groups excluding tert-OH is 1. The molecular formula is C23H33IN4O. The van der Waals surface area contributed by atoms with Gasteiger partial charge in [-0.2, -0.15) is 0 Å². The fourth-order valence-corrected chi connectivity index (χ4v) is 3.65. The normalized spacial score (nSPS) is 17.5. The zero-order valence-corrected chi connectivity index (χ0v) is 19.5. The molecule has 2 unspecified atom stereocenters. The number of aliphatic imine (C=N–C) groups is 1. The molecule has 29 heavy (non-hydrogen) atoms. The molecule has 1 aliphatic rings. The topological polar surface area (TPSA) is 59.9 Å². The lowest BCUT2D eigenvalue weighted by Crippen LogP contribution is -2.40. The first-order valence-electron chi connectivity index (χ1n) is 10.3. The summed E-state index contributed by atoms with van der Waals surface area (Å²) >= 11 is 0. The van der Waals surface area contributed by atoms with Crippen molar-refractivity contribution in [2.24, 2.45) is 10.9 Å². The molecule has 1 aliphatic heterocycles. The maximum Gasteiger partial charge on any atom is 0.191 e. The molecule has 0 aromatic heterocycles. The lowest BCUT2D eigenvalue weighted by atomic mass is 10.0. The largest absolute Gasteiger partial charge is 0.396 e. The van der Waals surface area contributed by atoms with Crippen molar-refractivity contribution in [3.8, 4) is 0 Å². The number of aliphatic hydroxyl groups is 1. The van der Waals surface area contributed by atoms with Gasteiger partial charge in [0.1, 0.15) is 0 Å². The third-order valence-corrected chi connectivity index (χ3v) is 5.27. The molecule has 6 heteroatoms. The van der Waals surface area contributed by atoms with Crippen LogP contribution in [0.2, 0.25) is 0 Å². The molecular weight excluding hydrogens is 475 g/mol. The number of halogens is 1. The quantitative estimate of drug-likeness (QED) is 0.291. The first-order chi connectivity index (χ1) is 13.8. The first-order valence-corrected chi connectivity index (χ1v) is 10.3. The van der Waals surface area contributed by atoms with E-state index in [2.05, 4.69) is 52.8 Å². The van der Waals surface area contributed by atoms with E-state index in [4.69, 9.17) is 4.99 Å². The average molecular weight is 508 g/mol. The molecule has 2 aromatic carbocycles. The Morgan fingerprint density at radius 3 is 2.45 bits per heavy atom. The van der Waals surface area contributed by atoms with Gasteiger partial charge in [-0.05, 0) is 37.0 Å². The molecule has 0 spiro atoms. The van der Waals surface area contributed by atoms with Crippen molar-refractivity contribution in [3.05, 3.63) is 66.2 Å². The summed E-state index contributed by atoms with van der Waals surface area (Å²) in [7, 11) is 0. The van der Waals surface area contributed by atoms with Gasteiger partial charge in [-0.25, -0.2) is 0 Å². The summed E-state index contributed by atoms with van der Waals surface area (Å²) in [5.74, 6) is 1.46. The molecule has 5 nitrogen and oxygen atoms in total. The highest BCUT2D eigenvalue weighted by Gasteiger charge is 2.22. The Labute approximate surface area is 191 Å². The summed E-state index contributed by atoms with van der Waals surface area (Å²) in [4.78, 5) is 7.17. The fraction of sp³-hybridized carbons (Fsp3) is 0.435. The molecule has 0 aliphatic carbocycles. The van der Waals surface area contributed by atoms with Crippen molar-refractivity contribution in [2.45, 2.75) is 19.3 Å². The molecule has 3 rings (SSSR count). The van der Waals surface area contributed by atoms with Gasteiger partial charge in [-0.3, -0.25) is 4.99 Å². The Morgan fingerprint density at radius 2 is 1.79 bits per heavy atom. The van der Waals surface area contributed by atoms with Crippen LogP contribution in [0.4, 0.5) is 5.69 Å². The van der Waals surface area contributed by atoms with E-state index in [9.17, 15) is 5.11 Å². The number of guanidine groups is 1. The highest BCUT2D eigenvalue weighted by Crippen LogP contribution is 2.23. The van der Waals surface area contributed by atoms with Crippen molar-refractivity contribution in [2.75, 3.05) is 44.2 Å². The average Bonchev–Trinajstić information content (AvgIpc) is 3.23. The minimum atomic E-state index is 0. The highest BCUT2D eigenvalue weighted by atomic mass is 127. The molecule has 2 atom stereocenters. The molecule has 0 radical (unpaired) electrons. The van der Waals surface area contributed by atoms with E-state index < -0.39 is 0 Å². The summed E-state index contributed by atoms with van der Waals surface area (Å²) in [5.41, 5.74) is 2.43. The van der Waals surface area contributed by atoms with E-state index in [0.717, 1.165) is 37.7 Å². The van der Waals surface area contributed by atoms with E-state index >= 15 is 0 Å². The Morgan fingerprint density at radius 1 is 1.10 bits per heavy atom. The van der Waals surface area contributed by atoms with Crippen molar-refractivity contribution in [1.82, 2.24) is 10.6 Å². The number of hydrogen-bond acceptors (Lipinski definition) is 3. The monoisotopic (exact) mass is 508 g/mol. The standard InChI is InChI=1S/C23H32N4O.HI/c1-2-24-23(26-16-21(18-28)20-9-5-3-6-10-20)25-15-19-13-14-27(17-19)22-11-7-4-8-12-22;/h3-12,19,21,28H,2,13-18H2,1H3,(H2,24,25,26);1H. The van der Waals surface area contributed by atoms with Crippen LogP contribution in [0.25, 0.3) is 0 Å². The van der Waals surface area contributed by atoms with Crippen molar-refractivity contribution < 1.29 is 5.11 Å². The van der Waals surface area contributed by atoms with E-state index in [0.29, 0.717) is 12.5 Å². The number of rotatable bonds is 8. The zero-order chi connectivity index (χ0) is 19.6. The Bertz CT molecular complexity index is 726. The summed E-state index contributed by atoms with van der Waals surface area (Å²) in [6, 6.07) is 20.7. The van der Waals surface area contributed by atoms with Crippen molar-refractivity contribution in [1.29, 1.82) is 0 Å². The molecule has 1 fully saturated rings. The van der Waals surface area contributed by atoms with Crippen LogP contribution in [0.3, 0.4) is 0 Å². The van der Waals surface area contributed by atoms with Gasteiger partial charge in [-0.1, -0.05) is 48.5 Å². The van der Waals surface area contributed by atoms with Crippen LogP contribution < -0.4 is 15.5 Å². The van der Waals surface area contributed by atoms with Gasteiger partial charge < -0.3 is 20.6 Å². The Balaban J connectivity index is 0.00000300. The SMILES string of the molecule is CCNC(=NCC(CO)c1ccccc1)NCC1CCN(c2ccccc2)C1.I. The van der Waals surface area contributed by atoms with Crippen molar-refractivity contribution >= 4 is 35.6 Å². The van der Waals surface area contributed by atoms with Gasteiger partial charge in [0.05, 0.1) is 13.2 Å². The summed E-state index contributed by atoms with van der Waals surface area (Å²) in [6.45, 7) is 6.64. The number of para-hydroxylation sites is 1. The number of nitrogens with zero attached hydrogens (tertiary/aromatic N) is 2. The van der Waals surface area contributed by atoms with Gasteiger partial charge in [-0.15, -0.1) is 24.0 Å². The number of anilines is 1. The minimum Gasteiger partial charge on any atom is -0.396 e. The Hall–Kier alpha value is -1.80. The van der Waals surface area contributed by atoms with Gasteiger partial charge in [0.15, 0.2) is 5.96 Å². The Kier molecular flexibility index (Phi) is 10.3. The predicted molar refractivity (Wildman–Crippen MR) is 132 cm³/mol. The molecule has 0 bridgehead atoms. The lowest BCUT2D eigenvalue weighted by Gasteiger charge is -2.19. The molecule has 2 aromatic rings. The van der Waals surface area contributed by atoms with Gasteiger partial charge in [0, 0.05) is 37.8 Å². The molecule has 1 saturated heterocycles. The van der Waals surface area contributed by atoms with Crippen LogP contribution in [0.15, 0.2) is 65.7 Å². The zero-order valence-electron chi connectivity index (χ0n) is 17.1. The van der Waals surface area contributed by atoms with Crippen LogP contribution in [-0.2, 0) is 0 Å². The summed E-state index contributed by atoms with van der Waals surface area (Å²) in [6.07, 6.45) is 1.19. The summed E-state index contributed by atoms with van der Waals surface area (Å²) < 4.78 is 0. The van der Waals surface area contributed by atoms with Gasteiger partial charge >= 0.3 is 0 Å². The predicted octanol–water partition coefficient (Wildman–Crippen LogP) is 3.46. The third kappa shape index (κ3) is 7.19. The number of hydrogen-bond donors (Lipinski definition) is 3. The maximum atomic E-state index is 9.75. The molecule has 3 N–H and O–H groups in total. The van der Waals surface area contributed by atoms with Crippen molar-refractivity contribution in [3.63, 3.8) is 0 Å². The molecule has 1 heterocycles. The molecule has 158 valence electrons. The summed E-state index contributed by atoms with van der Waals surface area (Å²) in [5, 5.41) is 16.6. The smallest absolute Gasteiger partial charge is 0.191 e. The van der Waals surface area contributed by atoms with Crippen LogP contribution in [0.5, 0.6) is 0 Å². The molecule has 0 saturated carbocycles. The van der Waals surface area contributed by atoms with Crippen LogP contribution in [-0.4, -0.2) is 50.4 Å². The van der Waals surface area contributed by atoms with E-state index in [1.165, 1.54) is 12.1 Å². The highest BCUT2D eigenvalue weighted by molar-refractivity contribution is 14.0. The van der Waals surface area contributed by atoms with E-state index in [1.54, 1.807) is 0 Å². The minimum absolute atomic E-state index is 0. The van der Waals surface area contributed by atoms with Crippen LogP contribution >= 0.6 is 24.0 Å². The van der Waals surface area contributed by atoms with Crippen LogP contribution in [0, 0.1) is 5.92 Å².